The first-order chi connectivity index (χ1) is 12.0. The maximum absolute atomic E-state index is 12.5. The third kappa shape index (κ3) is 4.25. The maximum Gasteiger partial charge on any atom is 0.263 e. The fraction of sp³-hybridized carbons (Fsp3) is 0.421. The topological polar surface area (TPSA) is 62.3 Å². The summed E-state index contributed by atoms with van der Waals surface area (Å²) in [6.45, 7) is 0.639. The Morgan fingerprint density at radius 3 is 2.80 bits per heavy atom. The average Bonchev–Trinajstić information content (AvgIpc) is 3.04. The second-order valence-corrected chi connectivity index (χ2v) is 7.73. The molecule has 2 amide bonds. The Hall–Kier alpha value is -2.21. The molecular formula is C19H23N3O2S. The zero-order valence-electron chi connectivity index (χ0n) is 14.6. The first kappa shape index (κ1) is 17.6. The van der Waals surface area contributed by atoms with Gasteiger partial charge in [-0.25, -0.2) is 0 Å². The van der Waals surface area contributed by atoms with Gasteiger partial charge >= 0.3 is 0 Å². The summed E-state index contributed by atoms with van der Waals surface area (Å²) < 4.78 is 0. The molecule has 0 saturated heterocycles. The molecule has 0 bridgehead atoms. The number of pyridine rings is 1. The van der Waals surface area contributed by atoms with Crippen molar-refractivity contribution in [2.24, 2.45) is 5.92 Å². The van der Waals surface area contributed by atoms with Gasteiger partial charge in [0, 0.05) is 43.8 Å². The van der Waals surface area contributed by atoms with Crippen molar-refractivity contribution >= 4 is 23.2 Å². The summed E-state index contributed by atoms with van der Waals surface area (Å²) in [5.41, 5.74) is 2.33. The van der Waals surface area contributed by atoms with E-state index in [0.717, 1.165) is 36.1 Å². The van der Waals surface area contributed by atoms with Gasteiger partial charge in [-0.3, -0.25) is 14.6 Å². The van der Waals surface area contributed by atoms with Crippen molar-refractivity contribution in [2.45, 2.75) is 25.7 Å². The Kier molecular flexibility index (Phi) is 5.48. The number of aryl methyl sites for hydroxylation is 1. The number of rotatable bonds is 5. The minimum absolute atomic E-state index is 0.00171. The maximum atomic E-state index is 12.5. The molecule has 1 aliphatic carbocycles. The lowest BCUT2D eigenvalue weighted by molar-refractivity contribution is -0.125. The normalized spacial score (nSPS) is 16.2. The van der Waals surface area contributed by atoms with Crippen LogP contribution in [0.4, 0.5) is 0 Å². The molecule has 0 aromatic carbocycles. The van der Waals surface area contributed by atoms with Gasteiger partial charge in [0.1, 0.15) is 0 Å². The number of hydrogen-bond acceptors (Lipinski definition) is 4. The molecular weight excluding hydrogens is 334 g/mol. The Balaban J connectivity index is 1.55. The van der Waals surface area contributed by atoms with E-state index in [1.54, 1.807) is 42.7 Å². The summed E-state index contributed by atoms with van der Waals surface area (Å²) >= 11 is 1.57. The lowest BCUT2D eigenvalue weighted by atomic mass is 9.87. The molecule has 2 aromatic heterocycles. The summed E-state index contributed by atoms with van der Waals surface area (Å²) in [5.74, 6) is 0.158. The number of hydrogen-bond donors (Lipinski definition) is 1. The van der Waals surface area contributed by atoms with Gasteiger partial charge in [-0.05, 0) is 55.0 Å². The van der Waals surface area contributed by atoms with E-state index in [1.807, 2.05) is 18.2 Å². The van der Waals surface area contributed by atoms with Crippen LogP contribution in [0.5, 0.6) is 0 Å². The van der Waals surface area contributed by atoms with E-state index < -0.39 is 0 Å². The predicted molar refractivity (Wildman–Crippen MR) is 98.8 cm³/mol. The fourth-order valence-corrected chi connectivity index (χ4v) is 4.33. The number of carbonyl (C=O) groups excluding carboxylic acids is 2. The van der Waals surface area contributed by atoms with E-state index in [2.05, 4.69) is 10.3 Å². The molecule has 25 heavy (non-hydrogen) atoms. The molecule has 1 atom stereocenters. The van der Waals surface area contributed by atoms with E-state index >= 15 is 0 Å². The second-order valence-electron chi connectivity index (χ2n) is 6.59. The molecule has 0 spiro atoms. The highest BCUT2D eigenvalue weighted by atomic mass is 32.1. The summed E-state index contributed by atoms with van der Waals surface area (Å²) in [4.78, 5) is 32.2. The SMILES string of the molecule is CN(C)C(=O)c1cc2c(s1)CCC(C(=O)NCCc1ccncc1)C2. The third-order valence-corrected chi connectivity index (χ3v) is 5.76. The lowest BCUT2D eigenvalue weighted by Crippen LogP contribution is -2.34. The molecule has 1 aliphatic rings. The average molecular weight is 357 g/mol. The number of aromatic nitrogens is 1. The van der Waals surface area contributed by atoms with Crippen molar-refractivity contribution in [3.8, 4) is 0 Å². The number of fused-ring (bicyclic) bond motifs is 1. The molecule has 0 radical (unpaired) electrons. The summed E-state index contributed by atoms with van der Waals surface area (Å²) in [6, 6.07) is 5.90. The van der Waals surface area contributed by atoms with Gasteiger partial charge in [0.05, 0.1) is 4.88 Å². The van der Waals surface area contributed by atoms with E-state index in [9.17, 15) is 9.59 Å². The van der Waals surface area contributed by atoms with Crippen molar-refractivity contribution in [1.29, 1.82) is 0 Å². The zero-order valence-corrected chi connectivity index (χ0v) is 15.4. The molecule has 1 N–H and O–H groups in total. The van der Waals surface area contributed by atoms with Crippen molar-refractivity contribution in [2.75, 3.05) is 20.6 Å². The Morgan fingerprint density at radius 1 is 1.32 bits per heavy atom. The number of amides is 2. The van der Waals surface area contributed by atoms with Gasteiger partial charge in [0.25, 0.3) is 5.91 Å². The predicted octanol–water partition coefficient (Wildman–Crippen LogP) is 2.31. The molecule has 0 saturated carbocycles. The van der Waals surface area contributed by atoms with Gasteiger partial charge in [0.2, 0.25) is 5.91 Å². The monoisotopic (exact) mass is 357 g/mol. The first-order valence-corrected chi connectivity index (χ1v) is 9.36. The molecule has 1 unspecified atom stereocenters. The van der Waals surface area contributed by atoms with Crippen LogP contribution in [0.25, 0.3) is 0 Å². The van der Waals surface area contributed by atoms with Crippen LogP contribution in [-0.2, 0) is 24.1 Å². The smallest absolute Gasteiger partial charge is 0.263 e. The quantitative estimate of drug-likeness (QED) is 0.893. The van der Waals surface area contributed by atoms with Crippen LogP contribution in [0, 0.1) is 5.92 Å². The third-order valence-electron chi connectivity index (χ3n) is 4.53. The highest BCUT2D eigenvalue weighted by molar-refractivity contribution is 7.14. The van der Waals surface area contributed by atoms with Gasteiger partial charge in [-0.2, -0.15) is 0 Å². The lowest BCUT2D eigenvalue weighted by Gasteiger charge is -2.21. The highest BCUT2D eigenvalue weighted by Gasteiger charge is 2.27. The Labute approximate surface area is 152 Å². The van der Waals surface area contributed by atoms with Crippen LogP contribution in [0.1, 0.15) is 32.1 Å². The number of nitrogens with one attached hydrogen (secondary N) is 1. The van der Waals surface area contributed by atoms with Crippen LogP contribution in [0.15, 0.2) is 30.6 Å². The molecule has 0 aliphatic heterocycles. The number of thiophene rings is 1. The summed E-state index contributed by atoms with van der Waals surface area (Å²) in [6.07, 6.45) is 6.80. The minimum atomic E-state index is 0.00171. The highest BCUT2D eigenvalue weighted by Crippen LogP contribution is 2.32. The first-order valence-electron chi connectivity index (χ1n) is 8.54. The molecule has 2 heterocycles. The number of nitrogens with zero attached hydrogens (tertiary/aromatic N) is 2. The van der Waals surface area contributed by atoms with Crippen LogP contribution in [-0.4, -0.2) is 42.3 Å². The molecule has 2 aromatic rings. The summed E-state index contributed by atoms with van der Waals surface area (Å²) in [5, 5.41) is 3.05. The molecule has 132 valence electrons. The second kappa shape index (κ2) is 7.78. The zero-order chi connectivity index (χ0) is 17.8. The van der Waals surface area contributed by atoms with Crippen molar-refractivity contribution in [3.05, 3.63) is 51.5 Å². The van der Waals surface area contributed by atoms with E-state index in [1.165, 1.54) is 10.4 Å². The standard InChI is InChI=1S/C19H23N3O2S/c1-22(2)19(24)17-12-15-11-14(3-4-16(15)25-17)18(23)21-10-7-13-5-8-20-9-6-13/h5-6,8-9,12,14H,3-4,7,10-11H2,1-2H3,(H,21,23). The van der Waals surface area contributed by atoms with E-state index in [-0.39, 0.29) is 17.7 Å². The number of carbonyl (C=O) groups is 2. The van der Waals surface area contributed by atoms with E-state index in [0.29, 0.717) is 6.54 Å². The van der Waals surface area contributed by atoms with Crippen LogP contribution >= 0.6 is 11.3 Å². The van der Waals surface area contributed by atoms with Gasteiger partial charge in [-0.15, -0.1) is 11.3 Å². The minimum Gasteiger partial charge on any atom is -0.356 e. The fourth-order valence-electron chi connectivity index (χ4n) is 3.10. The largest absolute Gasteiger partial charge is 0.356 e. The van der Waals surface area contributed by atoms with Crippen LogP contribution < -0.4 is 5.32 Å². The molecule has 6 heteroatoms. The van der Waals surface area contributed by atoms with Crippen molar-refractivity contribution in [1.82, 2.24) is 15.2 Å². The van der Waals surface area contributed by atoms with Crippen LogP contribution in [0.3, 0.4) is 0 Å². The molecule has 3 rings (SSSR count). The van der Waals surface area contributed by atoms with Crippen LogP contribution in [0.2, 0.25) is 0 Å². The van der Waals surface area contributed by atoms with Gasteiger partial charge in [0.15, 0.2) is 0 Å². The molecule has 0 fully saturated rings. The Bertz CT molecular complexity index is 755. The Morgan fingerprint density at radius 2 is 2.08 bits per heavy atom. The molecule has 5 nitrogen and oxygen atoms in total. The summed E-state index contributed by atoms with van der Waals surface area (Å²) in [7, 11) is 3.53. The van der Waals surface area contributed by atoms with Crippen molar-refractivity contribution in [3.63, 3.8) is 0 Å². The van der Waals surface area contributed by atoms with Gasteiger partial charge < -0.3 is 10.2 Å². The van der Waals surface area contributed by atoms with Gasteiger partial charge in [-0.1, -0.05) is 0 Å². The van der Waals surface area contributed by atoms with E-state index in [4.69, 9.17) is 0 Å². The van der Waals surface area contributed by atoms with Crippen molar-refractivity contribution < 1.29 is 9.59 Å².